The first kappa shape index (κ1) is 31.5. The van der Waals surface area contributed by atoms with Gasteiger partial charge in [0.2, 0.25) is 0 Å². The van der Waals surface area contributed by atoms with E-state index < -0.39 is 5.82 Å². The van der Waals surface area contributed by atoms with Crippen molar-refractivity contribution in [3.63, 3.8) is 0 Å². The van der Waals surface area contributed by atoms with Crippen molar-refractivity contribution in [1.82, 2.24) is 24.8 Å². The van der Waals surface area contributed by atoms with Gasteiger partial charge >= 0.3 is 6.03 Å². The van der Waals surface area contributed by atoms with Crippen molar-refractivity contribution in [1.29, 1.82) is 5.26 Å². The van der Waals surface area contributed by atoms with E-state index in [4.69, 9.17) is 16.6 Å². The van der Waals surface area contributed by atoms with Crippen LogP contribution in [0.25, 0.3) is 32.9 Å². The summed E-state index contributed by atoms with van der Waals surface area (Å²) in [7, 11) is 0. The van der Waals surface area contributed by atoms with E-state index in [0.717, 1.165) is 41.7 Å². The number of aromatic nitrogens is 3. The van der Waals surface area contributed by atoms with Crippen LogP contribution in [0.15, 0.2) is 48.8 Å². The predicted octanol–water partition coefficient (Wildman–Crippen LogP) is 7.75. The Morgan fingerprint density at radius 2 is 1.96 bits per heavy atom. The summed E-state index contributed by atoms with van der Waals surface area (Å²) in [5.74, 6) is -0.151. The van der Waals surface area contributed by atoms with Crippen molar-refractivity contribution >= 4 is 45.1 Å². The number of aryl methyl sites for hydroxylation is 2. The Bertz CT molecular complexity index is 2180. The largest absolute Gasteiger partial charge is 0.508 e. The van der Waals surface area contributed by atoms with Crippen molar-refractivity contribution in [2.75, 3.05) is 24.5 Å². The Balaban J connectivity index is 1.35. The fourth-order valence-corrected chi connectivity index (χ4v) is 8.63. The smallest absolute Gasteiger partial charge is 0.325 e. The first-order valence-corrected chi connectivity index (χ1v) is 17.3. The summed E-state index contributed by atoms with van der Waals surface area (Å²) in [4.78, 5) is 26.8. The first-order valence-electron chi connectivity index (χ1n) is 16.9. The number of hydrogen-bond acceptors (Lipinski definition) is 6. The molecule has 9 rings (SSSR count). The maximum absolute atomic E-state index is 17.1. The van der Waals surface area contributed by atoms with E-state index in [2.05, 4.69) is 33.9 Å². The Labute approximate surface area is 288 Å². The lowest BCUT2D eigenvalue weighted by Gasteiger charge is -2.42. The number of nitriles is 1. The van der Waals surface area contributed by atoms with Crippen LogP contribution in [0, 0.1) is 36.9 Å². The molecule has 4 atom stereocenters. The summed E-state index contributed by atoms with van der Waals surface area (Å²) >= 11 is 6.47. The molecular formula is C38H37ClFN7O2. The minimum absolute atomic E-state index is 0.0502. The predicted molar refractivity (Wildman–Crippen MR) is 188 cm³/mol. The minimum atomic E-state index is -0.503. The number of nitrogens with one attached hydrogen (secondary N) is 1. The molecule has 0 radical (unpaired) electrons. The highest BCUT2D eigenvalue weighted by Crippen LogP contribution is 2.50. The van der Waals surface area contributed by atoms with E-state index in [1.54, 1.807) is 19.3 Å². The zero-order valence-electron chi connectivity index (χ0n) is 27.7. The molecule has 11 heteroatoms. The number of phenolic OH excluding ortho intramolecular Hbond substituents is 1. The van der Waals surface area contributed by atoms with Crippen LogP contribution in [0.5, 0.6) is 5.75 Å². The summed E-state index contributed by atoms with van der Waals surface area (Å²) in [6.07, 6.45) is 5.81. The van der Waals surface area contributed by atoms with Gasteiger partial charge in [0.25, 0.3) is 0 Å². The lowest BCUT2D eigenvalue weighted by atomic mass is 9.79. The van der Waals surface area contributed by atoms with Crippen LogP contribution in [0.2, 0.25) is 5.02 Å². The molecule has 0 spiro atoms. The summed E-state index contributed by atoms with van der Waals surface area (Å²) in [6, 6.07) is 13.2. The molecule has 4 aliphatic rings. The number of carbonyl (C=O) groups is 1. The molecule has 2 aromatic carbocycles. The molecule has 1 saturated carbocycles. The molecule has 2 amide bonds. The number of hydrogen-bond donors (Lipinski definition) is 2. The molecule has 2 N–H and O–H groups in total. The number of aromatic hydroxyl groups is 1. The van der Waals surface area contributed by atoms with Crippen LogP contribution < -0.4 is 10.2 Å². The summed E-state index contributed by atoms with van der Waals surface area (Å²) < 4.78 is 19.5. The van der Waals surface area contributed by atoms with Gasteiger partial charge in [0.1, 0.15) is 11.3 Å². The number of anilines is 1. The quantitative estimate of drug-likeness (QED) is 0.182. The van der Waals surface area contributed by atoms with Crippen LogP contribution >= 0.6 is 11.6 Å². The van der Waals surface area contributed by atoms with Gasteiger partial charge in [-0.1, -0.05) is 11.6 Å². The van der Waals surface area contributed by atoms with Crippen molar-refractivity contribution < 1.29 is 14.3 Å². The van der Waals surface area contributed by atoms with Gasteiger partial charge in [-0.25, -0.2) is 14.2 Å². The molecule has 4 fully saturated rings. The van der Waals surface area contributed by atoms with Crippen LogP contribution in [0.3, 0.4) is 0 Å². The fraction of sp³-hybridized carbons (Fsp3) is 0.368. The lowest BCUT2D eigenvalue weighted by Crippen LogP contribution is -2.51. The third-order valence-electron chi connectivity index (χ3n) is 10.9. The van der Waals surface area contributed by atoms with Crippen molar-refractivity contribution in [2.45, 2.75) is 64.6 Å². The van der Waals surface area contributed by atoms with Gasteiger partial charge in [0.05, 0.1) is 23.7 Å². The molecule has 3 aliphatic heterocycles. The van der Waals surface area contributed by atoms with Crippen molar-refractivity contribution in [3.8, 4) is 22.9 Å². The number of urea groups is 1. The van der Waals surface area contributed by atoms with E-state index in [1.807, 2.05) is 34.9 Å². The summed E-state index contributed by atoms with van der Waals surface area (Å²) in [5.41, 5.74) is 5.72. The van der Waals surface area contributed by atoms with Gasteiger partial charge in [-0.3, -0.25) is 9.88 Å². The maximum Gasteiger partial charge on any atom is 0.325 e. The number of benzene rings is 2. The zero-order valence-corrected chi connectivity index (χ0v) is 28.4. The first-order chi connectivity index (χ1) is 23.7. The second-order valence-electron chi connectivity index (χ2n) is 13.6. The monoisotopic (exact) mass is 677 g/mol. The number of fused-ring (bicyclic) bond motifs is 4. The molecule has 3 saturated heterocycles. The Kier molecular flexibility index (Phi) is 7.73. The fourth-order valence-electron chi connectivity index (χ4n) is 8.42. The number of carbonyl (C=O) groups excluding carboxylic acids is 1. The van der Waals surface area contributed by atoms with Crippen LogP contribution in [0.4, 0.5) is 14.9 Å². The van der Waals surface area contributed by atoms with Crippen molar-refractivity contribution in [2.24, 2.45) is 5.92 Å². The normalized spacial score (nSPS) is 21.0. The third-order valence-corrected chi connectivity index (χ3v) is 11.3. The molecule has 5 aromatic rings. The van der Waals surface area contributed by atoms with Gasteiger partial charge in [0.15, 0.2) is 5.82 Å². The third kappa shape index (κ3) is 4.93. The molecular weight excluding hydrogens is 641 g/mol. The van der Waals surface area contributed by atoms with Gasteiger partial charge in [-0.05, 0) is 99.0 Å². The molecule has 49 heavy (non-hydrogen) atoms. The Morgan fingerprint density at radius 3 is 2.67 bits per heavy atom. The average molecular weight is 678 g/mol. The highest BCUT2D eigenvalue weighted by Gasteiger charge is 2.49. The molecule has 1 aliphatic carbocycles. The molecule has 9 nitrogen and oxygen atoms in total. The van der Waals surface area contributed by atoms with Gasteiger partial charge in [-0.2, -0.15) is 5.26 Å². The summed E-state index contributed by atoms with van der Waals surface area (Å²) in [5, 5.41) is 25.6. The maximum atomic E-state index is 17.1. The average Bonchev–Trinajstić information content (AvgIpc) is 3.83. The number of amides is 2. The van der Waals surface area contributed by atoms with E-state index in [-0.39, 0.29) is 41.8 Å². The number of nitrogens with zero attached hydrogens (tertiary/aromatic N) is 6. The van der Waals surface area contributed by atoms with Crippen molar-refractivity contribution in [3.05, 3.63) is 82.1 Å². The lowest BCUT2D eigenvalue weighted by molar-refractivity contribution is 0.165. The topological polar surface area (TPSA) is 110 Å². The molecule has 2 bridgehead atoms. The van der Waals surface area contributed by atoms with E-state index in [0.29, 0.717) is 63.8 Å². The van der Waals surface area contributed by atoms with E-state index in [9.17, 15) is 15.2 Å². The van der Waals surface area contributed by atoms with Crippen LogP contribution in [0.1, 0.15) is 60.8 Å². The number of pyridine rings is 2. The number of halogens is 2. The summed E-state index contributed by atoms with van der Waals surface area (Å²) in [6.45, 7) is 7.96. The molecule has 0 unspecified atom stereocenters. The second kappa shape index (κ2) is 12.0. The standard InChI is InChI=1S/C38H37ClFN7O2/c1-20-27(16-26(48)17-30(20)39)33-23(6-4-9-41)14-29-35(34(33)40)44-21(2)28-18-32(47(37(28)29)36-24-15-31(36)43-19-24)22(3)45-12-5-13-46(38(45)49)25-7-10-42-11-8-25/h7-8,10-11,14,16-18,22,24,31,36,43,48H,4-6,12-13,15,19H2,1-3H3/t22-,24-,31-,36+/m1/s1. The van der Waals surface area contributed by atoms with E-state index in [1.165, 1.54) is 12.1 Å². The van der Waals surface area contributed by atoms with Crippen LogP contribution in [-0.4, -0.2) is 56.2 Å². The number of rotatable bonds is 7. The molecule has 250 valence electrons. The van der Waals surface area contributed by atoms with Crippen LogP contribution in [-0.2, 0) is 6.42 Å². The Hall–Kier alpha value is -4.72. The molecule has 3 aromatic heterocycles. The second-order valence-corrected chi connectivity index (χ2v) is 14.0. The minimum Gasteiger partial charge on any atom is -0.508 e. The highest BCUT2D eigenvalue weighted by molar-refractivity contribution is 6.32. The Morgan fingerprint density at radius 1 is 1.16 bits per heavy atom. The van der Waals surface area contributed by atoms with Gasteiger partial charge in [-0.15, -0.1) is 0 Å². The highest BCUT2D eigenvalue weighted by atomic mass is 35.5. The van der Waals surface area contributed by atoms with E-state index >= 15 is 4.39 Å². The number of phenols is 1. The SMILES string of the molecule is Cc1c(Cl)cc(O)cc1-c1c(CCC#N)cc2c(nc(C)c3cc([C@@H](C)N4CCCN(c5ccncc5)C4=O)n([C@H]4[C@H]5CN[C@@H]4C5)c32)c1F. The van der Waals surface area contributed by atoms with Gasteiger partial charge in [0, 0.05) is 82.9 Å². The van der Waals surface area contributed by atoms with Gasteiger partial charge < -0.3 is 19.9 Å². The zero-order chi connectivity index (χ0) is 34.1. The molecule has 6 heterocycles.